The number of hydrogen-bond acceptors (Lipinski definition) is 2. The fraction of sp³-hybridized carbons (Fsp3) is 0.857. The molecule has 18 heavy (non-hydrogen) atoms. The molecule has 0 aromatic carbocycles. The molecule has 0 aromatic heterocycles. The lowest BCUT2D eigenvalue weighted by atomic mass is 9.64. The zero-order chi connectivity index (χ0) is 13.1. The molecule has 2 rings (SSSR count). The lowest BCUT2D eigenvalue weighted by Crippen LogP contribution is -2.39. The average Bonchev–Trinajstić information content (AvgIpc) is 2.38. The highest BCUT2D eigenvalue weighted by Gasteiger charge is 2.42. The highest BCUT2D eigenvalue weighted by atomic mass is 16.4. The van der Waals surface area contributed by atoms with Crippen molar-refractivity contribution >= 4 is 11.9 Å². The lowest BCUT2D eigenvalue weighted by molar-refractivity contribution is -0.152. The highest BCUT2D eigenvalue weighted by molar-refractivity contribution is 5.72. The van der Waals surface area contributed by atoms with Crippen molar-refractivity contribution in [3.63, 3.8) is 0 Å². The fourth-order valence-corrected chi connectivity index (χ4v) is 3.96. The molecule has 2 fully saturated rings. The summed E-state index contributed by atoms with van der Waals surface area (Å²) in [5.74, 6) is -1.92. The van der Waals surface area contributed by atoms with E-state index in [1.165, 1.54) is 0 Å². The van der Waals surface area contributed by atoms with Gasteiger partial charge in [0, 0.05) is 0 Å². The van der Waals surface area contributed by atoms with E-state index in [4.69, 9.17) is 0 Å². The summed E-state index contributed by atoms with van der Waals surface area (Å²) in [6.45, 7) is 0. The van der Waals surface area contributed by atoms with E-state index in [1.54, 1.807) is 0 Å². The van der Waals surface area contributed by atoms with Gasteiger partial charge in [-0.25, -0.2) is 0 Å². The van der Waals surface area contributed by atoms with E-state index in [9.17, 15) is 19.8 Å². The van der Waals surface area contributed by atoms with Crippen LogP contribution in [0.3, 0.4) is 0 Å². The topological polar surface area (TPSA) is 74.6 Å². The summed E-state index contributed by atoms with van der Waals surface area (Å²) in [6.07, 6.45) is 7.28. The Morgan fingerprint density at radius 1 is 0.667 bits per heavy atom. The van der Waals surface area contributed by atoms with Gasteiger partial charge in [0.15, 0.2) is 0 Å². The lowest BCUT2D eigenvalue weighted by Gasteiger charge is -2.40. The Labute approximate surface area is 107 Å². The Morgan fingerprint density at radius 3 is 1.33 bits per heavy atom. The zero-order valence-corrected chi connectivity index (χ0v) is 10.7. The first kappa shape index (κ1) is 13.4. The van der Waals surface area contributed by atoms with Crippen LogP contribution in [0.15, 0.2) is 0 Å². The van der Waals surface area contributed by atoms with Crippen LogP contribution in [0.1, 0.15) is 51.4 Å². The molecular formula is C14H22O4. The van der Waals surface area contributed by atoms with Gasteiger partial charge in [-0.1, -0.05) is 25.7 Å². The summed E-state index contributed by atoms with van der Waals surface area (Å²) in [5, 5.41) is 18.6. The van der Waals surface area contributed by atoms with Crippen molar-refractivity contribution in [3.8, 4) is 0 Å². The van der Waals surface area contributed by atoms with Crippen LogP contribution in [0.2, 0.25) is 0 Å². The van der Waals surface area contributed by atoms with E-state index >= 15 is 0 Å². The Hall–Kier alpha value is -1.06. The summed E-state index contributed by atoms with van der Waals surface area (Å²) in [4.78, 5) is 22.7. The third-order valence-corrected chi connectivity index (χ3v) is 4.82. The van der Waals surface area contributed by atoms with Gasteiger partial charge in [-0.15, -0.1) is 0 Å². The molecule has 2 saturated carbocycles. The van der Waals surface area contributed by atoms with Crippen molar-refractivity contribution in [1.29, 1.82) is 0 Å². The second-order valence-corrected chi connectivity index (χ2v) is 5.79. The Kier molecular flexibility index (Phi) is 4.25. The molecule has 2 aliphatic carbocycles. The zero-order valence-electron chi connectivity index (χ0n) is 10.7. The van der Waals surface area contributed by atoms with Crippen molar-refractivity contribution in [3.05, 3.63) is 0 Å². The second kappa shape index (κ2) is 5.72. The highest BCUT2D eigenvalue weighted by Crippen LogP contribution is 2.44. The van der Waals surface area contributed by atoms with E-state index < -0.39 is 11.9 Å². The molecule has 0 spiro atoms. The maximum Gasteiger partial charge on any atom is 0.306 e. The van der Waals surface area contributed by atoms with Gasteiger partial charge in [0.25, 0.3) is 0 Å². The van der Waals surface area contributed by atoms with Crippen LogP contribution in [-0.2, 0) is 9.59 Å². The summed E-state index contributed by atoms with van der Waals surface area (Å²) in [6, 6.07) is 0. The molecule has 0 heterocycles. The predicted molar refractivity (Wildman–Crippen MR) is 66.2 cm³/mol. The monoisotopic (exact) mass is 254 g/mol. The van der Waals surface area contributed by atoms with Crippen LogP contribution in [0.4, 0.5) is 0 Å². The molecule has 0 bridgehead atoms. The maximum atomic E-state index is 11.3. The van der Waals surface area contributed by atoms with E-state index in [0.29, 0.717) is 0 Å². The number of carbonyl (C=O) groups is 2. The van der Waals surface area contributed by atoms with Crippen molar-refractivity contribution < 1.29 is 19.8 Å². The summed E-state index contributed by atoms with van der Waals surface area (Å²) in [5.41, 5.74) is 0. The molecule has 0 amide bonds. The van der Waals surface area contributed by atoms with Gasteiger partial charge in [-0.05, 0) is 37.5 Å². The van der Waals surface area contributed by atoms with Crippen LogP contribution in [-0.4, -0.2) is 22.2 Å². The van der Waals surface area contributed by atoms with Gasteiger partial charge in [0.1, 0.15) is 0 Å². The molecule has 2 aliphatic rings. The third-order valence-electron chi connectivity index (χ3n) is 4.82. The van der Waals surface area contributed by atoms with E-state index in [-0.39, 0.29) is 23.7 Å². The molecule has 2 N–H and O–H groups in total. The largest absolute Gasteiger partial charge is 0.481 e. The second-order valence-electron chi connectivity index (χ2n) is 5.79. The molecule has 4 unspecified atom stereocenters. The molecule has 0 saturated heterocycles. The third kappa shape index (κ3) is 2.68. The summed E-state index contributed by atoms with van der Waals surface area (Å²) < 4.78 is 0. The van der Waals surface area contributed by atoms with Crippen molar-refractivity contribution in [2.24, 2.45) is 23.7 Å². The van der Waals surface area contributed by atoms with Gasteiger partial charge in [0.2, 0.25) is 0 Å². The first-order valence-electron chi connectivity index (χ1n) is 7.07. The van der Waals surface area contributed by atoms with Gasteiger partial charge in [-0.2, -0.15) is 0 Å². The van der Waals surface area contributed by atoms with E-state index in [2.05, 4.69) is 0 Å². The number of aliphatic carboxylic acids is 2. The number of carboxylic acids is 2. The molecular weight excluding hydrogens is 232 g/mol. The van der Waals surface area contributed by atoms with Gasteiger partial charge < -0.3 is 10.2 Å². The fourth-order valence-electron chi connectivity index (χ4n) is 3.96. The van der Waals surface area contributed by atoms with E-state index in [1.807, 2.05) is 0 Å². The first-order valence-corrected chi connectivity index (χ1v) is 7.07. The van der Waals surface area contributed by atoms with Crippen LogP contribution >= 0.6 is 0 Å². The molecule has 4 atom stereocenters. The minimum atomic E-state index is -0.727. The first-order chi connectivity index (χ1) is 8.61. The smallest absolute Gasteiger partial charge is 0.306 e. The molecule has 4 nitrogen and oxygen atoms in total. The Morgan fingerprint density at radius 2 is 1.00 bits per heavy atom. The van der Waals surface area contributed by atoms with Crippen molar-refractivity contribution in [1.82, 2.24) is 0 Å². The van der Waals surface area contributed by atoms with Gasteiger partial charge in [-0.3, -0.25) is 9.59 Å². The van der Waals surface area contributed by atoms with Crippen molar-refractivity contribution in [2.75, 3.05) is 0 Å². The van der Waals surface area contributed by atoms with Crippen LogP contribution in [0.5, 0.6) is 0 Å². The molecule has 4 heteroatoms. The van der Waals surface area contributed by atoms with E-state index in [0.717, 1.165) is 51.4 Å². The molecule has 102 valence electrons. The number of rotatable bonds is 3. The number of carboxylic acid groups (broad SMARTS) is 2. The standard InChI is InChI=1S/C14H22O4/c15-13(16)11-7-3-1-5-9(11)10-6-2-4-8-12(10)14(17)18/h9-12H,1-8H2,(H,15,16)(H,17,18). The number of hydrogen-bond donors (Lipinski definition) is 2. The maximum absolute atomic E-state index is 11.3. The van der Waals surface area contributed by atoms with Crippen molar-refractivity contribution in [2.45, 2.75) is 51.4 Å². The Balaban J connectivity index is 2.15. The normalized spacial score (nSPS) is 37.1. The summed E-state index contributed by atoms with van der Waals surface area (Å²) >= 11 is 0. The molecule has 0 radical (unpaired) electrons. The molecule has 0 aromatic rings. The minimum absolute atomic E-state index is 0.0812. The Bertz CT molecular complexity index is 294. The quantitative estimate of drug-likeness (QED) is 0.812. The van der Waals surface area contributed by atoms with Crippen LogP contribution in [0, 0.1) is 23.7 Å². The predicted octanol–water partition coefficient (Wildman–Crippen LogP) is 2.77. The van der Waals surface area contributed by atoms with Crippen LogP contribution in [0.25, 0.3) is 0 Å². The SMILES string of the molecule is O=C(O)C1CCCCC1C1CCCCC1C(=O)O. The molecule has 0 aliphatic heterocycles. The average molecular weight is 254 g/mol. The minimum Gasteiger partial charge on any atom is -0.481 e. The van der Waals surface area contributed by atoms with Gasteiger partial charge >= 0.3 is 11.9 Å². The van der Waals surface area contributed by atoms with Crippen LogP contribution < -0.4 is 0 Å². The summed E-state index contributed by atoms with van der Waals surface area (Å²) in [7, 11) is 0. The van der Waals surface area contributed by atoms with Gasteiger partial charge in [0.05, 0.1) is 11.8 Å².